The maximum absolute atomic E-state index is 15.2. The summed E-state index contributed by atoms with van der Waals surface area (Å²) in [4.78, 5) is 61.0. The Balaban J connectivity index is 1.27. The van der Waals surface area contributed by atoms with E-state index in [0.29, 0.717) is 12.8 Å². The molecular weight excluding hydrogens is 819 g/mol. The molecule has 5 N–H and O–H groups in total. The van der Waals surface area contributed by atoms with Crippen LogP contribution in [0.3, 0.4) is 0 Å². The molecule has 1 fully saturated rings. The molecule has 1 saturated heterocycles. The average Bonchev–Trinajstić information content (AvgIpc) is 3.90. The second-order valence-electron chi connectivity index (χ2n) is 16.2. The van der Waals surface area contributed by atoms with Gasteiger partial charge in [-0.15, -0.1) is 23.1 Å². The van der Waals surface area contributed by atoms with Crippen LogP contribution in [0, 0.1) is 6.92 Å². The number of aliphatic hydroxyl groups is 1. The van der Waals surface area contributed by atoms with Crippen LogP contribution in [0.4, 0.5) is 4.79 Å². The summed E-state index contributed by atoms with van der Waals surface area (Å²) in [6.45, 7) is 6.36. The summed E-state index contributed by atoms with van der Waals surface area (Å²) in [5.74, 6) is -1.09. The van der Waals surface area contributed by atoms with Crippen LogP contribution in [0.2, 0.25) is 0 Å². The molecule has 1 aromatic heterocycles. The van der Waals surface area contributed by atoms with E-state index < -0.39 is 39.7 Å². The number of aryl methyl sites for hydroxylation is 1. The van der Waals surface area contributed by atoms with Gasteiger partial charge in [-0.05, 0) is 61.4 Å². The maximum Gasteiger partial charge on any atom is 0.404 e. The Hall–Kier alpha value is -5.50. The molecule has 2 heterocycles. The van der Waals surface area contributed by atoms with Crippen molar-refractivity contribution >= 4 is 46.9 Å². The number of hydrogen-bond donors (Lipinski definition) is 4. The second kappa shape index (κ2) is 21.5. The quantitative estimate of drug-likeness (QED) is 0.0450. The van der Waals surface area contributed by atoms with Crippen LogP contribution in [0.1, 0.15) is 86.7 Å². The molecule has 3 atom stereocenters. The van der Waals surface area contributed by atoms with Crippen molar-refractivity contribution in [2.75, 3.05) is 13.2 Å². The lowest BCUT2D eigenvalue weighted by molar-refractivity contribution is -0.142. The number of carbonyl (C=O) groups excluding carboxylic acids is 4. The first-order valence-corrected chi connectivity index (χ1v) is 22.9. The Kier molecular flexibility index (Phi) is 16.0. The minimum Gasteiger partial charge on any atom is -0.450 e. The summed E-state index contributed by atoms with van der Waals surface area (Å²) in [7, 11) is 0. The van der Waals surface area contributed by atoms with Crippen LogP contribution in [0.25, 0.3) is 10.4 Å². The summed E-state index contributed by atoms with van der Waals surface area (Å²) in [5.41, 5.74) is 12.8. The standard InChI is InChI=1S/C49H57N5O6S2/c1-34-43(61-33-52-34)36-27-25-35(26-28-36)31-51-45(57)41-30-40(55)32-54(41)46(58)44(53-42(56)24-16-5-4-6-17-29-60-47(50)59)48(2,3)62-49(37-18-10-7-11-19-37,38-20-12-8-13-21-38)39-22-14-9-15-23-39/h7-15,18-23,25-28,33,40-41,44,55H,4-6,16-17,24,29-32H2,1-3H3,(H2,50,59)(H,51,57)(H,53,56)/t40-,41+,44-/m1/s1. The number of unbranched alkanes of at least 4 members (excludes halogenated alkanes) is 4. The normalized spacial score (nSPS) is 15.8. The zero-order valence-electron chi connectivity index (χ0n) is 35.6. The van der Waals surface area contributed by atoms with Gasteiger partial charge in [-0.2, -0.15) is 0 Å². The van der Waals surface area contributed by atoms with Crippen molar-refractivity contribution in [2.45, 2.75) is 99.9 Å². The van der Waals surface area contributed by atoms with E-state index in [4.69, 9.17) is 10.5 Å². The number of nitrogens with zero attached hydrogens (tertiary/aromatic N) is 2. The molecular formula is C49H57N5O6S2. The van der Waals surface area contributed by atoms with Crippen molar-refractivity contribution in [1.29, 1.82) is 0 Å². The molecule has 0 unspecified atom stereocenters. The molecule has 326 valence electrons. The SMILES string of the molecule is Cc1ncsc1-c1ccc(CNC(=O)[C@@H]2C[C@@H](O)CN2C(=O)[C@@H](NC(=O)CCCCCCCOC(N)=O)C(C)(C)SC(c2ccccc2)(c2ccccc2)c2ccccc2)cc1. The third kappa shape index (κ3) is 11.5. The predicted molar refractivity (Wildman–Crippen MR) is 246 cm³/mol. The van der Waals surface area contributed by atoms with Crippen molar-refractivity contribution in [3.05, 3.63) is 149 Å². The number of carbonyl (C=O) groups is 4. The largest absolute Gasteiger partial charge is 0.450 e. The highest BCUT2D eigenvalue weighted by atomic mass is 32.2. The van der Waals surface area contributed by atoms with Crippen molar-refractivity contribution < 1.29 is 29.0 Å². The number of thioether (sulfide) groups is 1. The minimum atomic E-state index is -1.09. The highest BCUT2D eigenvalue weighted by molar-refractivity contribution is 8.02. The van der Waals surface area contributed by atoms with Crippen LogP contribution >= 0.6 is 23.1 Å². The van der Waals surface area contributed by atoms with Crippen LogP contribution < -0.4 is 16.4 Å². The summed E-state index contributed by atoms with van der Waals surface area (Å²) in [6.07, 6.45) is 2.25. The van der Waals surface area contributed by atoms with Gasteiger partial charge in [0, 0.05) is 30.7 Å². The fourth-order valence-electron chi connectivity index (χ4n) is 8.14. The number of aliphatic hydroxyl groups excluding tert-OH is 1. The number of nitrogens with two attached hydrogens (primary N) is 1. The number of thiazole rings is 1. The molecule has 6 rings (SSSR count). The van der Waals surface area contributed by atoms with Crippen LogP contribution in [0.15, 0.2) is 121 Å². The molecule has 4 amide bonds. The Morgan fingerprint density at radius 1 is 0.855 bits per heavy atom. The van der Waals surface area contributed by atoms with Crippen LogP contribution in [-0.2, 0) is 30.4 Å². The van der Waals surface area contributed by atoms with Gasteiger partial charge < -0.3 is 31.1 Å². The summed E-state index contributed by atoms with van der Waals surface area (Å²) in [6, 6.07) is 36.4. The molecule has 0 aliphatic carbocycles. The van der Waals surface area contributed by atoms with Crippen molar-refractivity contribution in [2.24, 2.45) is 5.73 Å². The van der Waals surface area contributed by atoms with E-state index >= 15 is 4.79 Å². The Morgan fingerprint density at radius 2 is 1.42 bits per heavy atom. The van der Waals surface area contributed by atoms with Crippen LogP contribution in [0.5, 0.6) is 0 Å². The van der Waals surface area contributed by atoms with E-state index in [2.05, 4.69) is 52.0 Å². The first-order chi connectivity index (χ1) is 29.9. The number of likely N-dealkylation sites (tertiary alicyclic amines) is 1. The van der Waals surface area contributed by atoms with Gasteiger partial charge in [-0.3, -0.25) is 14.4 Å². The average molecular weight is 876 g/mol. The van der Waals surface area contributed by atoms with Gasteiger partial charge in [0.05, 0.1) is 33.5 Å². The van der Waals surface area contributed by atoms with Gasteiger partial charge in [0.15, 0.2) is 0 Å². The molecule has 0 saturated carbocycles. The number of aromatic nitrogens is 1. The third-order valence-corrected chi connectivity index (χ3v) is 14.0. The van der Waals surface area contributed by atoms with Crippen molar-refractivity contribution in [1.82, 2.24) is 20.5 Å². The topological polar surface area (TPSA) is 164 Å². The van der Waals surface area contributed by atoms with Gasteiger partial charge in [-0.1, -0.05) is 135 Å². The number of β-amino-alcohol motifs (C(OH)–C–C–N with tert-alkyl or cyclic N) is 1. The van der Waals surface area contributed by atoms with Gasteiger partial charge in [0.25, 0.3) is 0 Å². The Morgan fingerprint density at radius 3 is 1.97 bits per heavy atom. The Bertz CT molecular complexity index is 2140. The molecule has 13 heteroatoms. The van der Waals surface area contributed by atoms with Gasteiger partial charge in [0.1, 0.15) is 12.1 Å². The lowest BCUT2D eigenvalue weighted by atomic mass is 9.84. The molecule has 1 aliphatic heterocycles. The number of hydrogen-bond acceptors (Lipinski definition) is 9. The molecule has 0 radical (unpaired) electrons. The smallest absolute Gasteiger partial charge is 0.404 e. The van der Waals surface area contributed by atoms with E-state index in [1.54, 1.807) is 23.1 Å². The van der Waals surface area contributed by atoms with Crippen molar-refractivity contribution in [3.8, 4) is 10.4 Å². The van der Waals surface area contributed by atoms with E-state index in [-0.39, 0.29) is 44.4 Å². The zero-order valence-corrected chi connectivity index (χ0v) is 37.3. The molecule has 0 spiro atoms. The maximum atomic E-state index is 15.2. The molecule has 0 bridgehead atoms. The van der Waals surface area contributed by atoms with Gasteiger partial charge in [-0.25, -0.2) is 9.78 Å². The number of amides is 4. The number of primary amides is 1. The first kappa shape index (κ1) is 46.0. The van der Waals surface area contributed by atoms with Gasteiger partial charge >= 0.3 is 6.09 Å². The highest BCUT2D eigenvalue weighted by Crippen LogP contribution is 2.54. The number of ether oxygens (including phenoxy) is 1. The molecule has 1 aliphatic rings. The highest BCUT2D eigenvalue weighted by Gasteiger charge is 2.50. The summed E-state index contributed by atoms with van der Waals surface area (Å²) >= 11 is 3.15. The van der Waals surface area contributed by atoms with E-state index in [0.717, 1.165) is 57.7 Å². The zero-order chi connectivity index (χ0) is 44.1. The Labute approximate surface area is 372 Å². The summed E-state index contributed by atoms with van der Waals surface area (Å²) in [5, 5.41) is 17.2. The number of rotatable bonds is 20. The fraction of sp³-hybridized carbons (Fsp3) is 0.367. The minimum absolute atomic E-state index is 0.0480. The van der Waals surface area contributed by atoms with E-state index in [1.165, 1.54) is 4.90 Å². The third-order valence-electron chi connectivity index (χ3n) is 11.3. The van der Waals surface area contributed by atoms with Gasteiger partial charge in [0.2, 0.25) is 17.7 Å². The number of benzene rings is 4. The molecule has 62 heavy (non-hydrogen) atoms. The van der Waals surface area contributed by atoms with Crippen LogP contribution in [-0.4, -0.2) is 74.9 Å². The summed E-state index contributed by atoms with van der Waals surface area (Å²) < 4.78 is 2.99. The first-order valence-electron chi connectivity index (χ1n) is 21.2. The molecule has 11 nitrogen and oxygen atoms in total. The predicted octanol–water partition coefficient (Wildman–Crippen LogP) is 8.12. The second-order valence-corrected chi connectivity index (χ2v) is 19.0. The molecule has 5 aromatic rings. The monoisotopic (exact) mass is 875 g/mol. The molecule has 4 aromatic carbocycles. The van der Waals surface area contributed by atoms with Crippen molar-refractivity contribution in [3.63, 3.8) is 0 Å². The van der Waals surface area contributed by atoms with E-state index in [9.17, 15) is 19.5 Å². The van der Waals surface area contributed by atoms with E-state index in [1.807, 2.05) is 105 Å². The fourth-order valence-corrected chi connectivity index (χ4v) is 10.8. The lowest BCUT2D eigenvalue weighted by Gasteiger charge is -2.45. The lowest BCUT2D eigenvalue weighted by Crippen LogP contribution is -2.60. The number of nitrogens with one attached hydrogen (secondary N) is 2.